The molecule has 0 bridgehead atoms. The van der Waals surface area contributed by atoms with E-state index >= 15 is 0 Å². The van der Waals surface area contributed by atoms with Gasteiger partial charge in [0.2, 0.25) is 11.8 Å². The van der Waals surface area contributed by atoms with Crippen molar-refractivity contribution >= 4 is 17.5 Å². The van der Waals surface area contributed by atoms with Crippen molar-refractivity contribution in [3.8, 4) is 17.2 Å². The van der Waals surface area contributed by atoms with Crippen molar-refractivity contribution in [2.75, 3.05) is 31.3 Å². The van der Waals surface area contributed by atoms with Gasteiger partial charge in [-0.15, -0.1) is 0 Å². The number of nitrogens with one attached hydrogen (secondary N) is 1. The van der Waals surface area contributed by atoms with Crippen LogP contribution in [0.1, 0.15) is 38.3 Å². The Hall–Kier alpha value is -3.22. The highest BCUT2D eigenvalue weighted by atomic mass is 16.6. The lowest BCUT2D eigenvalue weighted by atomic mass is 9.95. The number of hydrogen-bond acceptors (Lipinski definition) is 5. The van der Waals surface area contributed by atoms with E-state index in [2.05, 4.69) is 19.2 Å². The van der Waals surface area contributed by atoms with E-state index in [0.29, 0.717) is 37.9 Å². The Kier molecular flexibility index (Phi) is 6.30. The molecule has 0 radical (unpaired) electrons. The summed E-state index contributed by atoms with van der Waals surface area (Å²) in [5.41, 5.74) is 1.72. The highest BCUT2D eigenvalue weighted by Gasteiger charge is 2.25. The second-order valence-electron chi connectivity index (χ2n) is 8.05. The molecule has 2 aromatic rings. The maximum absolute atomic E-state index is 12.8. The summed E-state index contributed by atoms with van der Waals surface area (Å²) in [6, 6.07) is 13.0. The fourth-order valence-corrected chi connectivity index (χ4v) is 3.92. The van der Waals surface area contributed by atoms with E-state index < -0.39 is 0 Å². The third-order valence-corrected chi connectivity index (χ3v) is 5.50. The summed E-state index contributed by atoms with van der Waals surface area (Å²) in [6.45, 7) is 6.10. The lowest BCUT2D eigenvalue weighted by Crippen LogP contribution is -2.39. The van der Waals surface area contributed by atoms with Gasteiger partial charge in [-0.05, 0) is 35.7 Å². The Morgan fingerprint density at radius 3 is 2.48 bits per heavy atom. The maximum atomic E-state index is 12.8. The zero-order chi connectivity index (χ0) is 21.8. The van der Waals surface area contributed by atoms with Crippen molar-refractivity contribution in [2.45, 2.75) is 32.7 Å². The van der Waals surface area contributed by atoms with E-state index in [0.717, 1.165) is 17.0 Å². The number of para-hydroxylation sites is 2. The third kappa shape index (κ3) is 4.76. The van der Waals surface area contributed by atoms with Gasteiger partial charge in [0.15, 0.2) is 11.5 Å². The number of anilines is 1. The topological polar surface area (TPSA) is 77.1 Å². The predicted octanol–water partition coefficient (Wildman–Crippen LogP) is 3.48. The fraction of sp³-hybridized carbons (Fsp3) is 0.417. The normalized spacial score (nSPS) is 15.6. The summed E-state index contributed by atoms with van der Waals surface area (Å²) in [4.78, 5) is 27.2. The first kappa shape index (κ1) is 21.0. The van der Waals surface area contributed by atoms with Crippen molar-refractivity contribution in [2.24, 2.45) is 5.92 Å². The minimum absolute atomic E-state index is 0.0775. The first-order valence-corrected chi connectivity index (χ1v) is 10.7. The average Bonchev–Trinajstić information content (AvgIpc) is 2.80. The third-order valence-electron chi connectivity index (χ3n) is 5.50. The van der Waals surface area contributed by atoms with Gasteiger partial charge >= 0.3 is 0 Å². The molecule has 31 heavy (non-hydrogen) atoms. The summed E-state index contributed by atoms with van der Waals surface area (Å²) in [5.74, 6) is 2.07. The van der Waals surface area contributed by atoms with Gasteiger partial charge in [-0.2, -0.15) is 0 Å². The molecule has 4 rings (SSSR count). The molecule has 0 aliphatic carbocycles. The van der Waals surface area contributed by atoms with Crippen LogP contribution in [0.15, 0.2) is 42.5 Å². The van der Waals surface area contributed by atoms with Crippen LogP contribution in [0.4, 0.5) is 5.69 Å². The molecule has 2 aliphatic rings. The Morgan fingerprint density at radius 1 is 0.935 bits per heavy atom. The van der Waals surface area contributed by atoms with Crippen LogP contribution in [-0.4, -0.2) is 38.2 Å². The Balaban J connectivity index is 1.38. The Morgan fingerprint density at radius 2 is 1.68 bits per heavy atom. The Bertz CT molecular complexity index is 959. The van der Waals surface area contributed by atoms with Crippen LogP contribution < -0.4 is 24.4 Å². The van der Waals surface area contributed by atoms with Crippen molar-refractivity contribution < 1.29 is 23.8 Å². The quantitative estimate of drug-likeness (QED) is 0.768. The van der Waals surface area contributed by atoms with Gasteiger partial charge in [-0.25, -0.2) is 0 Å². The number of carbonyl (C=O) groups excluding carboxylic acids is 2. The lowest BCUT2D eigenvalue weighted by Gasteiger charge is -2.29. The van der Waals surface area contributed by atoms with Gasteiger partial charge in [-0.3, -0.25) is 9.59 Å². The van der Waals surface area contributed by atoms with Crippen LogP contribution in [0.25, 0.3) is 0 Å². The second kappa shape index (κ2) is 9.29. The summed E-state index contributed by atoms with van der Waals surface area (Å²) in [6.07, 6.45) is 0.276. The molecule has 7 heteroatoms. The summed E-state index contributed by atoms with van der Waals surface area (Å²) >= 11 is 0. The van der Waals surface area contributed by atoms with Gasteiger partial charge in [0, 0.05) is 12.8 Å². The smallest absolute Gasteiger partial charge is 0.227 e. The van der Waals surface area contributed by atoms with Crippen molar-refractivity contribution in [1.82, 2.24) is 5.32 Å². The zero-order valence-electron chi connectivity index (χ0n) is 17.9. The monoisotopic (exact) mass is 424 g/mol. The fourth-order valence-electron chi connectivity index (χ4n) is 3.92. The van der Waals surface area contributed by atoms with E-state index in [4.69, 9.17) is 14.2 Å². The van der Waals surface area contributed by atoms with Crippen molar-refractivity contribution in [1.29, 1.82) is 0 Å². The van der Waals surface area contributed by atoms with Crippen LogP contribution in [0.2, 0.25) is 0 Å². The lowest BCUT2D eigenvalue weighted by molar-refractivity contribution is -0.126. The van der Waals surface area contributed by atoms with Gasteiger partial charge in [0.1, 0.15) is 25.6 Å². The molecule has 1 N–H and O–H groups in total. The predicted molar refractivity (Wildman–Crippen MR) is 117 cm³/mol. The van der Waals surface area contributed by atoms with Gasteiger partial charge < -0.3 is 24.4 Å². The highest BCUT2D eigenvalue weighted by molar-refractivity contribution is 5.97. The molecule has 0 fully saturated rings. The standard InChI is InChI=1S/C24H28N2O5/c1-16(2)24(17-7-8-20-21(15-17)31-14-13-30-20)25-22(27)9-10-23(28)26-11-12-29-19-6-4-3-5-18(19)26/h3-8,15-16,24H,9-14H2,1-2H3,(H,25,27). The van der Waals surface area contributed by atoms with Crippen LogP contribution in [-0.2, 0) is 9.59 Å². The van der Waals surface area contributed by atoms with E-state index in [-0.39, 0.29) is 36.6 Å². The minimum Gasteiger partial charge on any atom is -0.490 e. The minimum atomic E-state index is -0.178. The number of hydrogen-bond donors (Lipinski definition) is 1. The van der Waals surface area contributed by atoms with E-state index in [1.54, 1.807) is 4.90 Å². The zero-order valence-corrected chi connectivity index (χ0v) is 17.9. The number of carbonyl (C=O) groups is 2. The molecule has 2 amide bonds. The summed E-state index contributed by atoms with van der Waals surface area (Å²) in [7, 11) is 0. The molecular formula is C24H28N2O5. The van der Waals surface area contributed by atoms with Gasteiger partial charge in [-0.1, -0.05) is 32.0 Å². The summed E-state index contributed by atoms with van der Waals surface area (Å²) < 4.78 is 16.9. The van der Waals surface area contributed by atoms with Crippen LogP contribution in [0, 0.1) is 5.92 Å². The van der Waals surface area contributed by atoms with Gasteiger partial charge in [0.25, 0.3) is 0 Å². The number of nitrogens with zero attached hydrogens (tertiary/aromatic N) is 1. The second-order valence-corrected chi connectivity index (χ2v) is 8.05. The first-order chi connectivity index (χ1) is 15.0. The summed E-state index contributed by atoms with van der Waals surface area (Å²) in [5, 5.41) is 3.09. The van der Waals surface area contributed by atoms with Crippen LogP contribution in [0.5, 0.6) is 17.2 Å². The molecule has 0 spiro atoms. The molecule has 0 saturated carbocycles. The van der Waals surface area contributed by atoms with Gasteiger partial charge in [0.05, 0.1) is 18.3 Å². The number of ether oxygens (including phenoxy) is 3. The molecule has 164 valence electrons. The highest BCUT2D eigenvalue weighted by Crippen LogP contribution is 2.35. The van der Waals surface area contributed by atoms with Crippen LogP contribution >= 0.6 is 0 Å². The van der Waals surface area contributed by atoms with Crippen molar-refractivity contribution in [3.63, 3.8) is 0 Å². The molecule has 1 unspecified atom stereocenters. The van der Waals surface area contributed by atoms with E-state index in [1.165, 1.54) is 0 Å². The van der Waals surface area contributed by atoms with Crippen molar-refractivity contribution in [3.05, 3.63) is 48.0 Å². The maximum Gasteiger partial charge on any atom is 0.227 e. The molecule has 2 aliphatic heterocycles. The number of fused-ring (bicyclic) bond motifs is 2. The SMILES string of the molecule is CC(C)C(NC(=O)CCC(=O)N1CCOc2ccccc21)c1ccc2c(c1)OCCO2. The number of benzene rings is 2. The molecule has 2 heterocycles. The average molecular weight is 424 g/mol. The van der Waals surface area contributed by atoms with E-state index in [9.17, 15) is 9.59 Å². The number of amides is 2. The molecule has 1 atom stereocenters. The Labute approximate surface area is 182 Å². The molecule has 7 nitrogen and oxygen atoms in total. The molecule has 2 aromatic carbocycles. The largest absolute Gasteiger partial charge is 0.490 e. The number of rotatable bonds is 6. The molecule has 0 saturated heterocycles. The first-order valence-electron chi connectivity index (χ1n) is 10.7. The van der Waals surface area contributed by atoms with E-state index in [1.807, 2.05) is 42.5 Å². The molecule has 0 aromatic heterocycles. The molecular weight excluding hydrogens is 396 g/mol. The van der Waals surface area contributed by atoms with Crippen LogP contribution in [0.3, 0.4) is 0 Å².